The van der Waals surface area contributed by atoms with Crippen LogP contribution in [0.5, 0.6) is 0 Å². The van der Waals surface area contributed by atoms with Crippen molar-refractivity contribution in [3.05, 3.63) is 24.3 Å². The Morgan fingerprint density at radius 1 is 1.35 bits per heavy atom. The quantitative estimate of drug-likeness (QED) is 0.816. The minimum Gasteiger partial charge on any atom is -0.481 e. The number of anilines is 1. The molecule has 1 saturated heterocycles. The van der Waals surface area contributed by atoms with Gasteiger partial charge in [-0.25, -0.2) is 13.1 Å². The van der Waals surface area contributed by atoms with Gasteiger partial charge >= 0.3 is 5.97 Å². The van der Waals surface area contributed by atoms with Gasteiger partial charge in [0.15, 0.2) is 0 Å². The predicted octanol–water partition coefficient (Wildman–Crippen LogP) is 0.0322. The molecule has 1 fully saturated rings. The first-order chi connectivity index (χ1) is 9.35. The van der Waals surface area contributed by atoms with E-state index in [-0.39, 0.29) is 23.8 Å². The molecule has 1 unspecified atom stereocenters. The third-order valence-electron chi connectivity index (χ3n) is 3.20. The zero-order valence-electron chi connectivity index (χ0n) is 10.7. The molecule has 0 bridgehead atoms. The van der Waals surface area contributed by atoms with Crippen molar-refractivity contribution in [2.24, 2.45) is 5.92 Å². The summed E-state index contributed by atoms with van der Waals surface area (Å²) in [5.74, 6) is -2.00. The smallest absolute Gasteiger partial charge is 0.308 e. The molecule has 7 nitrogen and oxygen atoms in total. The highest BCUT2D eigenvalue weighted by Crippen LogP contribution is 2.26. The van der Waals surface area contributed by atoms with E-state index in [1.165, 1.54) is 36.2 Å². The third kappa shape index (κ3) is 2.66. The number of benzene rings is 1. The number of carbonyl (C=O) groups is 2. The van der Waals surface area contributed by atoms with E-state index in [4.69, 9.17) is 5.11 Å². The third-order valence-corrected chi connectivity index (χ3v) is 4.63. The van der Waals surface area contributed by atoms with Gasteiger partial charge < -0.3 is 10.0 Å². The molecule has 2 N–H and O–H groups in total. The Balaban J connectivity index is 2.23. The molecular formula is C12H14N2O5S. The number of hydrogen-bond donors (Lipinski definition) is 2. The molecule has 0 spiro atoms. The highest BCUT2D eigenvalue weighted by Gasteiger charge is 2.35. The lowest BCUT2D eigenvalue weighted by Crippen LogP contribution is -2.26. The van der Waals surface area contributed by atoms with Crippen molar-refractivity contribution >= 4 is 27.6 Å². The lowest BCUT2D eigenvalue weighted by atomic mass is 10.1. The standard InChI is InChI=1S/C12H14N2O5S/c1-13-20(18,19)10-4-2-9(3-5-10)14-7-8(12(16)17)6-11(14)15/h2-5,8,13H,6-7H2,1H3,(H,16,17). The first-order valence-electron chi connectivity index (χ1n) is 5.92. The number of carboxylic acid groups (broad SMARTS) is 1. The molecule has 1 aliphatic heterocycles. The number of amides is 1. The zero-order chi connectivity index (χ0) is 14.9. The van der Waals surface area contributed by atoms with E-state index >= 15 is 0 Å². The second-order valence-corrected chi connectivity index (χ2v) is 6.33. The number of aliphatic carboxylic acids is 1. The summed E-state index contributed by atoms with van der Waals surface area (Å²) in [4.78, 5) is 24.1. The summed E-state index contributed by atoms with van der Waals surface area (Å²) in [6.45, 7) is 0.103. The molecule has 0 aliphatic carbocycles. The van der Waals surface area contributed by atoms with E-state index in [1.54, 1.807) is 0 Å². The molecule has 0 saturated carbocycles. The van der Waals surface area contributed by atoms with Gasteiger partial charge in [0, 0.05) is 18.7 Å². The van der Waals surface area contributed by atoms with Crippen molar-refractivity contribution in [2.45, 2.75) is 11.3 Å². The van der Waals surface area contributed by atoms with E-state index in [0.29, 0.717) is 5.69 Å². The number of hydrogen-bond acceptors (Lipinski definition) is 4. The van der Waals surface area contributed by atoms with Crippen molar-refractivity contribution in [3.8, 4) is 0 Å². The van der Waals surface area contributed by atoms with Crippen LogP contribution in [0.2, 0.25) is 0 Å². The molecule has 20 heavy (non-hydrogen) atoms. The highest BCUT2D eigenvalue weighted by molar-refractivity contribution is 7.89. The van der Waals surface area contributed by atoms with Gasteiger partial charge in [-0.2, -0.15) is 0 Å². The molecule has 0 radical (unpaired) electrons. The minimum absolute atomic E-state index is 0.0358. The van der Waals surface area contributed by atoms with Crippen LogP contribution in [0.3, 0.4) is 0 Å². The number of nitrogens with zero attached hydrogens (tertiary/aromatic N) is 1. The molecule has 1 heterocycles. The average Bonchev–Trinajstić information content (AvgIpc) is 2.81. The van der Waals surface area contributed by atoms with Crippen molar-refractivity contribution in [1.82, 2.24) is 4.72 Å². The maximum atomic E-state index is 11.8. The molecule has 2 rings (SSSR count). The predicted molar refractivity (Wildman–Crippen MR) is 70.8 cm³/mol. The van der Waals surface area contributed by atoms with Gasteiger partial charge in [0.05, 0.1) is 10.8 Å². The molecule has 0 aromatic heterocycles. The van der Waals surface area contributed by atoms with Crippen LogP contribution in [0.1, 0.15) is 6.42 Å². The maximum absolute atomic E-state index is 11.8. The van der Waals surface area contributed by atoms with Crippen molar-refractivity contribution in [1.29, 1.82) is 0 Å². The van der Waals surface area contributed by atoms with Crippen molar-refractivity contribution < 1.29 is 23.1 Å². The second-order valence-electron chi connectivity index (χ2n) is 4.45. The first-order valence-corrected chi connectivity index (χ1v) is 7.40. The SMILES string of the molecule is CNS(=O)(=O)c1ccc(N2CC(C(=O)O)CC2=O)cc1. The maximum Gasteiger partial charge on any atom is 0.308 e. The molecule has 1 aromatic carbocycles. The molecule has 8 heteroatoms. The van der Waals surface area contributed by atoms with Crippen LogP contribution in [0.4, 0.5) is 5.69 Å². The summed E-state index contributed by atoms with van der Waals surface area (Å²) in [6, 6.07) is 5.74. The Kier molecular flexibility index (Phi) is 3.78. The van der Waals surface area contributed by atoms with Gasteiger partial charge in [-0.1, -0.05) is 0 Å². The second kappa shape index (κ2) is 5.22. The number of carbonyl (C=O) groups excluding carboxylic acids is 1. The van der Waals surface area contributed by atoms with Gasteiger partial charge in [0.1, 0.15) is 0 Å². The average molecular weight is 298 g/mol. The van der Waals surface area contributed by atoms with Crippen LogP contribution in [0, 0.1) is 5.92 Å². The highest BCUT2D eigenvalue weighted by atomic mass is 32.2. The van der Waals surface area contributed by atoms with E-state index in [1.807, 2.05) is 0 Å². The van der Waals surface area contributed by atoms with E-state index in [2.05, 4.69) is 4.72 Å². The minimum atomic E-state index is -3.52. The number of sulfonamides is 1. The van der Waals surface area contributed by atoms with Crippen LogP contribution >= 0.6 is 0 Å². The Labute approximate surface area is 116 Å². The normalized spacial score (nSPS) is 19.4. The van der Waals surface area contributed by atoms with Crippen LogP contribution in [-0.2, 0) is 19.6 Å². The van der Waals surface area contributed by atoms with Gasteiger partial charge in [-0.3, -0.25) is 9.59 Å². The topological polar surface area (TPSA) is 104 Å². The number of carboxylic acids is 1. The lowest BCUT2D eigenvalue weighted by molar-refractivity contribution is -0.141. The summed E-state index contributed by atoms with van der Waals surface area (Å²) in [7, 11) is -2.21. The van der Waals surface area contributed by atoms with Gasteiger partial charge in [0.2, 0.25) is 15.9 Å². The molecule has 1 amide bonds. The van der Waals surface area contributed by atoms with Crippen LogP contribution in [-0.4, -0.2) is 39.0 Å². The fraction of sp³-hybridized carbons (Fsp3) is 0.333. The Morgan fingerprint density at radius 3 is 2.40 bits per heavy atom. The van der Waals surface area contributed by atoms with Crippen LogP contribution < -0.4 is 9.62 Å². The summed E-state index contributed by atoms with van der Waals surface area (Å²) < 4.78 is 25.3. The molecular weight excluding hydrogens is 284 g/mol. The summed E-state index contributed by atoms with van der Waals surface area (Å²) >= 11 is 0. The molecule has 1 aromatic rings. The summed E-state index contributed by atoms with van der Waals surface area (Å²) in [5, 5.41) is 8.91. The monoisotopic (exact) mass is 298 g/mol. The van der Waals surface area contributed by atoms with Gasteiger partial charge in [0.25, 0.3) is 0 Å². The Bertz CT molecular complexity index is 638. The van der Waals surface area contributed by atoms with Crippen molar-refractivity contribution in [3.63, 3.8) is 0 Å². The number of nitrogens with one attached hydrogen (secondary N) is 1. The van der Waals surface area contributed by atoms with Crippen LogP contribution in [0.25, 0.3) is 0 Å². The largest absolute Gasteiger partial charge is 0.481 e. The van der Waals surface area contributed by atoms with Gasteiger partial charge in [-0.05, 0) is 31.3 Å². The zero-order valence-corrected chi connectivity index (χ0v) is 11.6. The molecule has 1 atom stereocenters. The summed E-state index contributed by atoms with van der Waals surface area (Å²) in [5.41, 5.74) is 0.494. The lowest BCUT2D eigenvalue weighted by Gasteiger charge is -2.16. The Hall–Kier alpha value is -1.93. The van der Waals surface area contributed by atoms with Gasteiger partial charge in [-0.15, -0.1) is 0 Å². The van der Waals surface area contributed by atoms with Crippen molar-refractivity contribution in [2.75, 3.05) is 18.5 Å². The summed E-state index contributed by atoms with van der Waals surface area (Å²) in [6.07, 6.45) is -0.0358. The van der Waals surface area contributed by atoms with E-state index < -0.39 is 21.9 Å². The fourth-order valence-corrected chi connectivity index (χ4v) is 2.78. The first kappa shape index (κ1) is 14.5. The van der Waals surface area contributed by atoms with Crippen LogP contribution in [0.15, 0.2) is 29.2 Å². The Morgan fingerprint density at radius 2 is 1.95 bits per heavy atom. The fourth-order valence-electron chi connectivity index (χ4n) is 2.05. The number of rotatable bonds is 4. The van der Waals surface area contributed by atoms with E-state index in [0.717, 1.165) is 0 Å². The molecule has 108 valence electrons. The molecule has 1 aliphatic rings. The van der Waals surface area contributed by atoms with E-state index in [9.17, 15) is 18.0 Å².